The molecule has 0 aromatic heterocycles. The number of ketones is 1. The summed E-state index contributed by atoms with van der Waals surface area (Å²) in [5, 5.41) is 2.84. The van der Waals surface area contributed by atoms with Crippen LogP contribution in [-0.4, -0.2) is 20.0 Å². The van der Waals surface area contributed by atoms with Crippen LogP contribution >= 0.6 is 0 Å². The van der Waals surface area contributed by atoms with Gasteiger partial charge in [-0.3, -0.25) is 9.59 Å². The largest absolute Gasteiger partial charge is 0.400 e. The molecule has 1 aliphatic heterocycles. The van der Waals surface area contributed by atoms with Gasteiger partial charge in [-0.05, 0) is 38.7 Å². The van der Waals surface area contributed by atoms with Crippen LogP contribution in [0, 0.1) is 0 Å². The normalized spacial score (nSPS) is 21.4. The number of hydrogen-bond donors (Lipinski definition) is 1. The standard InChI is InChI=1S/C16H21NO3Si/c1-5-8-12(18)11-16(20-21(2,3)4)13-9-6-7-10-14(13)17-15(16)19/h5-10H,11H2,1-4H3,(H,17,19)/b8-5+. The Hall–Kier alpha value is -1.72. The molecule has 1 aromatic rings. The zero-order chi connectivity index (χ0) is 15.7. The van der Waals surface area contributed by atoms with Gasteiger partial charge in [0.05, 0.1) is 6.42 Å². The second-order valence-electron chi connectivity index (χ2n) is 6.18. The number of amides is 1. The van der Waals surface area contributed by atoms with Crippen LogP contribution in [0.5, 0.6) is 0 Å². The van der Waals surface area contributed by atoms with Crippen molar-refractivity contribution in [1.29, 1.82) is 0 Å². The lowest BCUT2D eigenvalue weighted by Gasteiger charge is -2.33. The van der Waals surface area contributed by atoms with Crippen molar-refractivity contribution in [2.24, 2.45) is 0 Å². The van der Waals surface area contributed by atoms with Gasteiger partial charge in [0.1, 0.15) is 0 Å². The molecule has 2 rings (SSSR count). The van der Waals surface area contributed by atoms with Crippen molar-refractivity contribution >= 4 is 25.7 Å². The van der Waals surface area contributed by atoms with Gasteiger partial charge in [-0.25, -0.2) is 0 Å². The Labute approximate surface area is 126 Å². The minimum Gasteiger partial charge on any atom is -0.400 e. The quantitative estimate of drug-likeness (QED) is 0.671. The van der Waals surface area contributed by atoms with Gasteiger partial charge in [0, 0.05) is 11.3 Å². The molecule has 0 spiro atoms. The lowest BCUT2D eigenvalue weighted by atomic mass is 9.90. The SMILES string of the molecule is C/C=C/C(=O)CC1(O[Si](C)(C)C)C(=O)Nc2ccccc21. The molecule has 1 aromatic carbocycles. The molecule has 1 N–H and O–H groups in total. The Kier molecular flexibility index (Phi) is 4.16. The minimum atomic E-state index is -2.03. The Morgan fingerprint density at radius 1 is 1.33 bits per heavy atom. The van der Waals surface area contributed by atoms with Crippen molar-refractivity contribution in [1.82, 2.24) is 0 Å². The summed E-state index contributed by atoms with van der Waals surface area (Å²) < 4.78 is 6.21. The highest BCUT2D eigenvalue weighted by Gasteiger charge is 2.51. The molecule has 0 bridgehead atoms. The van der Waals surface area contributed by atoms with Gasteiger partial charge in [-0.1, -0.05) is 24.3 Å². The number of anilines is 1. The van der Waals surface area contributed by atoms with E-state index in [-0.39, 0.29) is 18.1 Å². The molecule has 0 fully saturated rings. The second kappa shape index (κ2) is 5.58. The third-order valence-electron chi connectivity index (χ3n) is 3.23. The smallest absolute Gasteiger partial charge is 0.260 e. The maximum atomic E-state index is 12.6. The number of carbonyl (C=O) groups excluding carboxylic acids is 2. The van der Waals surface area contributed by atoms with Crippen molar-refractivity contribution in [2.75, 3.05) is 5.32 Å². The van der Waals surface area contributed by atoms with Gasteiger partial charge < -0.3 is 9.74 Å². The molecule has 0 saturated carbocycles. The first-order chi connectivity index (χ1) is 9.78. The first kappa shape index (κ1) is 15.7. The van der Waals surface area contributed by atoms with E-state index in [2.05, 4.69) is 5.32 Å². The van der Waals surface area contributed by atoms with E-state index in [0.29, 0.717) is 0 Å². The van der Waals surface area contributed by atoms with Crippen molar-refractivity contribution in [3.8, 4) is 0 Å². The minimum absolute atomic E-state index is 0.0322. The predicted octanol–water partition coefficient (Wildman–Crippen LogP) is 3.22. The maximum Gasteiger partial charge on any atom is 0.260 e. The van der Waals surface area contributed by atoms with Crippen molar-refractivity contribution in [2.45, 2.75) is 38.6 Å². The van der Waals surface area contributed by atoms with Gasteiger partial charge in [-0.2, -0.15) is 0 Å². The monoisotopic (exact) mass is 303 g/mol. The molecule has 21 heavy (non-hydrogen) atoms. The Morgan fingerprint density at radius 2 is 2.00 bits per heavy atom. The molecule has 1 heterocycles. The van der Waals surface area contributed by atoms with Gasteiger partial charge in [-0.15, -0.1) is 0 Å². The Morgan fingerprint density at radius 3 is 2.62 bits per heavy atom. The zero-order valence-corrected chi connectivity index (χ0v) is 13.9. The summed E-state index contributed by atoms with van der Waals surface area (Å²) >= 11 is 0. The highest BCUT2D eigenvalue weighted by molar-refractivity contribution is 6.70. The van der Waals surface area contributed by atoms with Crippen LogP contribution in [0.1, 0.15) is 18.9 Å². The fraction of sp³-hybridized carbons (Fsp3) is 0.375. The summed E-state index contributed by atoms with van der Waals surface area (Å²) in [6.45, 7) is 7.84. The number of benzene rings is 1. The summed E-state index contributed by atoms with van der Waals surface area (Å²) in [4.78, 5) is 24.7. The Bertz CT molecular complexity index is 604. The molecule has 1 aliphatic rings. The van der Waals surface area contributed by atoms with Gasteiger partial charge in [0.15, 0.2) is 19.7 Å². The first-order valence-electron chi connectivity index (χ1n) is 7.05. The van der Waals surface area contributed by atoms with E-state index in [4.69, 9.17) is 4.43 Å². The number of fused-ring (bicyclic) bond motifs is 1. The van der Waals surface area contributed by atoms with Crippen LogP contribution in [0.15, 0.2) is 36.4 Å². The van der Waals surface area contributed by atoms with E-state index in [9.17, 15) is 9.59 Å². The van der Waals surface area contributed by atoms with Gasteiger partial charge in [0.25, 0.3) is 5.91 Å². The summed E-state index contributed by atoms with van der Waals surface area (Å²) in [6, 6.07) is 7.41. The van der Waals surface area contributed by atoms with Crippen molar-refractivity contribution in [3.63, 3.8) is 0 Å². The Balaban J connectivity index is 2.51. The van der Waals surface area contributed by atoms with Crippen LogP contribution in [0.4, 0.5) is 5.69 Å². The summed E-state index contributed by atoms with van der Waals surface area (Å²) in [5.41, 5.74) is 0.293. The van der Waals surface area contributed by atoms with E-state index in [1.165, 1.54) is 6.08 Å². The average Bonchev–Trinajstić information content (AvgIpc) is 2.61. The van der Waals surface area contributed by atoms with E-state index < -0.39 is 13.9 Å². The van der Waals surface area contributed by atoms with Gasteiger partial charge >= 0.3 is 0 Å². The topological polar surface area (TPSA) is 55.4 Å². The van der Waals surface area contributed by atoms with E-state index in [1.807, 2.05) is 43.9 Å². The van der Waals surface area contributed by atoms with E-state index in [1.54, 1.807) is 13.0 Å². The van der Waals surface area contributed by atoms with Crippen molar-refractivity contribution < 1.29 is 14.0 Å². The number of nitrogens with one attached hydrogen (secondary N) is 1. The van der Waals surface area contributed by atoms with E-state index in [0.717, 1.165) is 11.3 Å². The molecular weight excluding hydrogens is 282 g/mol. The summed E-state index contributed by atoms with van der Waals surface area (Å²) in [6.07, 6.45) is 3.21. The average molecular weight is 303 g/mol. The highest BCUT2D eigenvalue weighted by atomic mass is 28.4. The fourth-order valence-electron chi connectivity index (χ4n) is 2.62. The lowest BCUT2D eigenvalue weighted by Crippen LogP contribution is -2.46. The van der Waals surface area contributed by atoms with Crippen LogP contribution in [-0.2, 0) is 19.6 Å². The first-order valence-corrected chi connectivity index (χ1v) is 10.5. The number of para-hydroxylation sites is 1. The molecule has 4 nitrogen and oxygen atoms in total. The summed E-state index contributed by atoms with van der Waals surface area (Å²) in [5.74, 6) is -0.355. The van der Waals surface area contributed by atoms with Gasteiger partial charge in [0.2, 0.25) is 0 Å². The van der Waals surface area contributed by atoms with Crippen LogP contribution in [0.25, 0.3) is 0 Å². The van der Waals surface area contributed by atoms with Crippen molar-refractivity contribution in [3.05, 3.63) is 42.0 Å². The zero-order valence-electron chi connectivity index (χ0n) is 12.9. The summed E-state index contributed by atoms with van der Waals surface area (Å²) in [7, 11) is -2.03. The highest BCUT2D eigenvalue weighted by Crippen LogP contribution is 2.43. The number of allylic oxidation sites excluding steroid dienone is 2. The molecule has 1 amide bonds. The van der Waals surface area contributed by atoms with Crippen LogP contribution in [0.3, 0.4) is 0 Å². The molecule has 0 saturated heterocycles. The molecular formula is C16H21NO3Si. The molecule has 5 heteroatoms. The van der Waals surface area contributed by atoms with E-state index >= 15 is 0 Å². The van der Waals surface area contributed by atoms with Crippen LogP contribution < -0.4 is 5.32 Å². The maximum absolute atomic E-state index is 12.6. The molecule has 1 unspecified atom stereocenters. The molecule has 0 radical (unpaired) electrons. The number of carbonyl (C=O) groups is 2. The molecule has 112 valence electrons. The van der Waals surface area contributed by atoms with Crippen LogP contribution in [0.2, 0.25) is 19.6 Å². The third-order valence-corrected chi connectivity index (χ3v) is 4.19. The third kappa shape index (κ3) is 3.14. The lowest BCUT2D eigenvalue weighted by molar-refractivity contribution is -0.136. The number of hydrogen-bond acceptors (Lipinski definition) is 3. The predicted molar refractivity (Wildman–Crippen MR) is 85.6 cm³/mol. The molecule has 1 atom stereocenters. The fourth-order valence-corrected chi connectivity index (χ4v) is 3.94. The molecule has 0 aliphatic carbocycles. The second-order valence-corrected chi connectivity index (χ2v) is 10.6. The number of rotatable bonds is 5.